The van der Waals surface area contributed by atoms with Gasteiger partial charge in [-0.25, -0.2) is 0 Å². The van der Waals surface area contributed by atoms with Gasteiger partial charge in [-0.05, 0) is 24.8 Å². The van der Waals surface area contributed by atoms with E-state index in [2.05, 4.69) is 16.9 Å². The van der Waals surface area contributed by atoms with Gasteiger partial charge in [-0.1, -0.05) is 6.07 Å². The Hall–Kier alpha value is -0.420. The smallest absolute Gasteiger partial charge is 0.0577 e. The Morgan fingerprint density at radius 1 is 1.69 bits per heavy atom. The second-order valence-corrected chi connectivity index (χ2v) is 4.00. The first kappa shape index (κ1) is 10.7. The van der Waals surface area contributed by atoms with Crippen LogP contribution in [0.1, 0.15) is 24.3 Å². The highest BCUT2D eigenvalue weighted by Crippen LogP contribution is 2.22. The Balaban J connectivity index is 2.53. The maximum absolute atomic E-state index is 5.47. The van der Waals surface area contributed by atoms with E-state index in [1.807, 2.05) is 13.0 Å². The molecule has 3 nitrogen and oxygen atoms in total. The fraction of sp³-hybridized carbons (Fsp3) is 0.556. The predicted molar refractivity (Wildman–Crippen MR) is 55.5 cm³/mol. The number of hydrogen-bond acceptors (Lipinski definition) is 4. The van der Waals surface area contributed by atoms with Gasteiger partial charge >= 0.3 is 0 Å². The lowest BCUT2D eigenvalue weighted by Crippen LogP contribution is -2.30. The van der Waals surface area contributed by atoms with Gasteiger partial charge < -0.3 is 4.74 Å². The van der Waals surface area contributed by atoms with E-state index in [9.17, 15) is 0 Å². The third kappa shape index (κ3) is 3.08. The predicted octanol–water partition coefficient (Wildman–Crippen LogP) is 1.68. The lowest BCUT2D eigenvalue weighted by atomic mass is 10.1. The van der Waals surface area contributed by atoms with E-state index in [1.165, 1.54) is 4.88 Å². The zero-order chi connectivity index (χ0) is 9.68. The zero-order valence-electron chi connectivity index (χ0n) is 7.99. The fourth-order valence-electron chi connectivity index (χ4n) is 1.18. The molecule has 0 aliphatic rings. The summed E-state index contributed by atoms with van der Waals surface area (Å²) in [6.45, 7) is 2.04. The molecule has 1 heterocycles. The molecule has 2 atom stereocenters. The molecule has 0 fully saturated rings. The number of ether oxygens (including phenoxy) is 1. The Bertz CT molecular complexity index is 226. The number of nitrogens with two attached hydrogens (primary N) is 1. The van der Waals surface area contributed by atoms with Crippen molar-refractivity contribution in [3.8, 4) is 0 Å². The lowest BCUT2D eigenvalue weighted by molar-refractivity contribution is 0.101. The number of methoxy groups -OCH3 is 1. The molecule has 0 bridgehead atoms. The molecule has 4 heteroatoms. The monoisotopic (exact) mass is 200 g/mol. The highest BCUT2D eigenvalue weighted by atomic mass is 32.1. The molecule has 0 aliphatic heterocycles. The van der Waals surface area contributed by atoms with E-state index < -0.39 is 0 Å². The highest BCUT2D eigenvalue weighted by Gasteiger charge is 2.13. The third-order valence-electron chi connectivity index (χ3n) is 2.06. The molecule has 0 aromatic carbocycles. The SMILES string of the molecule is COC(C)CC(NN)c1cccs1. The van der Waals surface area contributed by atoms with Crippen LogP contribution in [0.5, 0.6) is 0 Å². The summed E-state index contributed by atoms with van der Waals surface area (Å²) in [6, 6.07) is 4.31. The van der Waals surface area contributed by atoms with Crippen molar-refractivity contribution in [2.75, 3.05) is 7.11 Å². The van der Waals surface area contributed by atoms with Crippen LogP contribution in [0, 0.1) is 0 Å². The zero-order valence-corrected chi connectivity index (χ0v) is 8.80. The molecule has 0 radical (unpaired) electrons. The van der Waals surface area contributed by atoms with Crippen LogP contribution in [0.3, 0.4) is 0 Å². The van der Waals surface area contributed by atoms with E-state index in [0.717, 1.165) is 6.42 Å². The summed E-state index contributed by atoms with van der Waals surface area (Å²) in [5.74, 6) is 5.47. The van der Waals surface area contributed by atoms with Gasteiger partial charge in [0.1, 0.15) is 0 Å². The van der Waals surface area contributed by atoms with Crippen molar-refractivity contribution in [3.63, 3.8) is 0 Å². The van der Waals surface area contributed by atoms with Gasteiger partial charge in [-0.15, -0.1) is 11.3 Å². The van der Waals surface area contributed by atoms with Crippen molar-refractivity contribution in [1.82, 2.24) is 5.43 Å². The van der Waals surface area contributed by atoms with Gasteiger partial charge in [0.15, 0.2) is 0 Å². The first-order valence-electron chi connectivity index (χ1n) is 4.30. The molecular formula is C9H16N2OS. The average molecular weight is 200 g/mol. The quantitative estimate of drug-likeness (QED) is 0.561. The summed E-state index contributed by atoms with van der Waals surface area (Å²) in [7, 11) is 1.71. The summed E-state index contributed by atoms with van der Waals surface area (Å²) in [5.41, 5.74) is 2.80. The highest BCUT2D eigenvalue weighted by molar-refractivity contribution is 7.10. The molecule has 2 unspecified atom stereocenters. The van der Waals surface area contributed by atoms with Crippen LogP contribution in [0.2, 0.25) is 0 Å². The van der Waals surface area contributed by atoms with E-state index in [-0.39, 0.29) is 12.1 Å². The van der Waals surface area contributed by atoms with Crippen LogP contribution in [0.15, 0.2) is 17.5 Å². The van der Waals surface area contributed by atoms with Crippen molar-refractivity contribution < 1.29 is 4.74 Å². The van der Waals surface area contributed by atoms with E-state index in [1.54, 1.807) is 18.4 Å². The third-order valence-corrected chi connectivity index (χ3v) is 3.04. The van der Waals surface area contributed by atoms with E-state index in [0.29, 0.717) is 0 Å². The van der Waals surface area contributed by atoms with Crippen molar-refractivity contribution in [3.05, 3.63) is 22.4 Å². The van der Waals surface area contributed by atoms with Crippen molar-refractivity contribution in [2.45, 2.75) is 25.5 Å². The number of nitrogens with one attached hydrogen (secondary N) is 1. The Morgan fingerprint density at radius 3 is 2.92 bits per heavy atom. The Morgan fingerprint density at radius 2 is 2.46 bits per heavy atom. The molecular weight excluding hydrogens is 184 g/mol. The normalized spacial score (nSPS) is 15.6. The molecule has 0 amide bonds. The summed E-state index contributed by atoms with van der Waals surface area (Å²) >= 11 is 1.71. The van der Waals surface area contributed by atoms with Gasteiger partial charge in [0.2, 0.25) is 0 Å². The van der Waals surface area contributed by atoms with Gasteiger partial charge in [-0.2, -0.15) is 0 Å². The van der Waals surface area contributed by atoms with Gasteiger partial charge in [0.05, 0.1) is 12.1 Å². The van der Waals surface area contributed by atoms with E-state index in [4.69, 9.17) is 10.6 Å². The molecule has 0 saturated heterocycles. The van der Waals surface area contributed by atoms with Crippen LogP contribution in [0.25, 0.3) is 0 Å². The molecule has 0 spiro atoms. The summed E-state index contributed by atoms with van der Waals surface area (Å²) in [5, 5.41) is 2.05. The van der Waals surface area contributed by atoms with Gasteiger partial charge in [0, 0.05) is 12.0 Å². The topological polar surface area (TPSA) is 47.3 Å². The largest absolute Gasteiger partial charge is 0.382 e. The maximum atomic E-state index is 5.47. The van der Waals surface area contributed by atoms with Crippen LogP contribution >= 0.6 is 11.3 Å². The fourth-order valence-corrected chi connectivity index (χ4v) is 1.98. The van der Waals surface area contributed by atoms with Crippen molar-refractivity contribution in [2.24, 2.45) is 5.84 Å². The van der Waals surface area contributed by atoms with Crippen LogP contribution in [-0.2, 0) is 4.74 Å². The van der Waals surface area contributed by atoms with Crippen LogP contribution in [0.4, 0.5) is 0 Å². The summed E-state index contributed by atoms with van der Waals surface area (Å²) in [4.78, 5) is 1.26. The second kappa shape index (κ2) is 5.34. The minimum absolute atomic E-state index is 0.204. The van der Waals surface area contributed by atoms with Crippen LogP contribution in [-0.4, -0.2) is 13.2 Å². The number of thiophene rings is 1. The number of rotatable bonds is 5. The Labute approximate surface area is 82.9 Å². The standard InChI is InChI=1S/C9H16N2OS/c1-7(12-2)6-8(11-10)9-4-3-5-13-9/h3-5,7-8,11H,6,10H2,1-2H3. The summed E-state index contributed by atoms with van der Waals surface area (Å²) < 4.78 is 5.19. The minimum Gasteiger partial charge on any atom is -0.382 e. The molecule has 0 aliphatic carbocycles. The molecule has 74 valence electrons. The van der Waals surface area contributed by atoms with Crippen molar-refractivity contribution in [1.29, 1.82) is 0 Å². The molecule has 1 aromatic heterocycles. The summed E-state index contributed by atoms with van der Waals surface area (Å²) in [6.07, 6.45) is 1.12. The lowest BCUT2D eigenvalue weighted by Gasteiger charge is -2.17. The van der Waals surface area contributed by atoms with Gasteiger partial charge in [0.25, 0.3) is 0 Å². The first-order chi connectivity index (χ1) is 6.27. The second-order valence-electron chi connectivity index (χ2n) is 3.02. The maximum Gasteiger partial charge on any atom is 0.0577 e. The average Bonchev–Trinajstić information content (AvgIpc) is 2.66. The molecule has 1 aromatic rings. The molecule has 1 rings (SSSR count). The minimum atomic E-state index is 0.204. The molecule has 0 saturated carbocycles. The first-order valence-corrected chi connectivity index (χ1v) is 5.18. The van der Waals surface area contributed by atoms with Crippen molar-refractivity contribution >= 4 is 11.3 Å². The number of hydrazine groups is 1. The molecule has 3 N–H and O–H groups in total. The number of hydrogen-bond donors (Lipinski definition) is 2. The van der Waals surface area contributed by atoms with Crippen LogP contribution < -0.4 is 11.3 Å². The molecule has 13 heavy (non-hydrogen) atoms. The van der Waals surface area contributed by atoms with E-state index >= 15 is 0 Å². The Kier molecular flexibility index (Phi) is 4.38. The van der Waals surface area contributed by atoms with Gasteiger partial charge in [-0.3, -0.25) is 11.3 Å².